The number of para-hydroxylation sites is 1. The lowest BCUT2D eigenvalue weighted by atomic mass is 10.1. The second-order valence-electron chi connectivity index (χ2n) is 6.64. The molecule has 1 fully saturated rings. The van der Waals surface area contributed by atoms with E-state index in [1.807, 2.05) is 49.4 Å². The van der Waals surface area contributed by atoms with E-state index in [-0.39, 0.29) is 11.9 Å². The van der Waals surface area contributed by atoms with Crippen LogP contribution in [0.25, 0.3) is 0 Å². The monoisotopic (exact) mass is 354 g/mol. The van der Waals surface area contributed by atoms with Crippen LogP contribution < -0.4 is 10.2 Å². The molecular weight excluding hydrogens is 328 g/mol. The molecule has 26 heavy (non-hydrogen) atoms. The predicted octanol–water partition coefficient (Wildman–Crippen LogP) is 2.28. The number of aromatic nitrogens is 1. The highest BCUT2D eigenvalue weighted by atomic mass is 16.3. The average Bonchev–Trinajstić information content (AvgIpc) is 2.68. The number of nitrogens with one attached hydrogen (secondary N) is 1. The van der Waals surface area contributed by atoms with Crippen molar-refractivity contribution in [3.05, 3.63) is 54.2 Å². The number of amides is 1. The van der Waals surface area contributed by atoms with Gasteiger partial charge < -0.3 is 15.3 Å². The number of rotatable bonds is 5. The SMILES string of the molecule is CC(O)c1ccccc1NC(=O)C(C)N1CCN(c2ccccn2)CC1. The van der Waals surface area contributed by atoms with Gasteiger partial charge in [0, 0.05) is 43.6 Å². The maximum absolute atomic E-state index is 12.7. The molecule has 6 nitrogen and oxygen atoms in total. The summed E-state index contributed by atoms with van der Waals surface area (Å²) in [7, 11) is 0. The molecule has 1 aliphatic rings. The number of nitrogens with zero attached hydrogens (tertiary/aromatic N) is 3. The number of aliphatic hydroxyl groups excluding tert-OH is 1. The van der Waals surface area contributed by atoms with Crippen molar-refractivity contribution < 1.29 is 9.90 Å². The van der Waals surface area contributed by atoms with E-state index < -0.39 is 6.10 Å². The molecule has 2 atom stereocenters. The summed E-state index contributed by atoms with van der Waals surface area (Å²) in [5.41, 5.74) is 1.40. The standard InChI is InChI=1S/C20H26N4O2/c1-15(20(26)22-18-8-4-3-7-17(18)16(2)25)23-11-13-24(14-12-23)19-9-5-6-10-21-19/h3-10,15-16,25H,11-14H2,1-2H3,(H,22,26). The van der Waals surface area contributed by atoms with Crippen molar-refractivity contribution in [3.8, 4) is 0 Å². The minimum Gasteiger partial charge on any atom is -0.389 e. The van der Waals surface area contributed by atoms with Gasteiger partial charge in [-0.3, -0.25) is 9.69 Å². The van der Waals surface area contributed by atoms with E-state index in [0.29, 0.717) is 5.69 Å². The van der Waals surface area contributed by atoms with Crippen molar-refractivity contribution in [2.24, 2.45) is 0 Å². The second-order valence-corrected chi connectivity index (χ2v) is 6.64. The Morgan fingerprint density at radius 1 is 1.08 bits per heavy atom. The van der Waals surface area contributed by atoms with Gasteiger partial charge in [0.05, 0.1) is 12.1 Å². The number of carbonyl (C=O) groups excluding carboxylic acids is 1. The summed E-state index contributed by atoms with van der Waals surface area (Å²) < 4.78 is 0. The minimum absolute atomic E-state index is 0.0515. The van der Waals surface area contributed by atoms with Crippen LogP contribution in [0.2, 0.25) is 0 Å². The van der Waals surface area contributed by atoms with Gasteiger partial charge in [0.2, 0.25) is 5.91 Å². The molecule has 0 aliphatic carbocycles. The van der Waals surface area contributed by atoms with Gasteiger partial charge in [-0.1, -0.05) is 24.3 Å². The number of carbonyl (C=O) groups is 1. The lowest BCUT2D eigenvalue weighted by Crippen LogP contribution is -2.53. The summed E-state index contributed by atoms with van der Waals surface area (Å²) in [6.07, 6.45) is 1.18. The summed E-state index contributed by atoms with van der Waals surface area (Å²) >= 11 is 0. The number of anilines is 2. The Balaban J connectivity index is 1.58. The van der Waals surface area contributed by atoms with Crippen molar-refractivity contribution in [2.75, 3.05) is 36.4 Å². The summed E-state index contributed by atoms with van der Waals surface area (Å²) in [6.45, 7) is 6.94. The molecule has 0 bridgehead atoms. The van der Waals surface area contributed by atoms with Crippen LogP contribution in [0.5, 0.6) is 0 Å². The van der Waals surface area contributed by atoms with Gasteiger partial charge in [-0.15, -0.1) is 0 Å². The summed E-state index contributed by atoms with van der Waals surface area (Å²) in [4.78, 5) is 21.5. The van der Waals surface area contributed by atoms with Gasteiger partial charge in [0.25, 0.3) is 0 Å². The number of hydrogen-bond acceptors (Lipinski definition) is 5. The molecule has 138 valence electrons. The highest BCUT2D eigenvalue weighted by Gasteiger charge is 2.26. The van der Waals surface area contributed by atoms with Crippen molar-refractivity contribution in [1.82, 2.24) is 9.88 Å². The molecule has 1 aromatic heterocycles. The topological polar surface area (TPSA) is 68.7 Å². The van der Waals surface area contributed by atoms with Crippen LogP contribution >= 0.6 is 0 Å². The van der Waals surface area contributed by atoms with E-state index in [0.717, 1.165) is 37.6 Å². The Bertz CT molecular complexity index is 728. The largest absolute Gasteiger partial charge is 0.389 e. The summed E-state index contributed by atoms with van der Waals surface area (Å²) in [5, 5.41) is 12.8. The summed E-state index contributed by atoms with van der Waals surface area (Å²) in [5.74, 6) is 0.930. The first kappa shape index (κ1) is 18.4. The van der Waals surface area contributed by atoms with Crippen LogP contribution in [-0.4, -0.2) is 53.1 Å². The van der Waals surface area contributed by atoms with E-state index >= 15 is 0 Å². The van der Waals surface area contributed by atoms with Crippen LogP contribution in [0, 0.1) is 0 Å². The molecule has 2 N–H and O–H groups in total. The minimum atomic E-state index is -0.622. The van der Waals surface area contributed by atoms with Gasteiger partial charge in [0.1, 0.15) is 5.82 Å². The van der Waals surface area contributed by atoms with Gasteiger partial charge in [0.15, 0.2) is 0 Å². The smallest absolute Gasteiger partial charge is 0.241 e. The van der Waals surface area contributed by atoms with Crippen molar-refractivity contribution >= 4 is 17.4 Å². The fourth-order valence-corrected chi connectivity index (χ4v) is 3.26. The second kappa shape index (κ2) is 8.29. The lowest BCUT2D eigenvalue weighted by molar-refractivity contribution is -0.120. The first-order valence-corrected chi connectivity index (χ1v) is 9.04. The van der Waals surface area contributed by atoms with Crippen LogP contribution in [-0.2, 0) is 4.79 Å². The molecule has 2 unspecified atom stereocenters. The highest BCUT2D eigenvalue weighted by Crippen LogP contribution is 2.23. The Hall–Kier alpha value is -2.44. The fraction of sp³-hybridized carbons (Fsp3) is 0.400. The van der Waals surface area contributed by atoms with Crippen molar-refractivity contribution in [3.63, 3.8) is 0 Å². The molecule has 0 saturated carbocycles. The van der Waals surface area contributed by atoms with Gasteiger partial charge in [-0.2, -0.15) is 0 Å². The van der Waals surface area contributed by atoms with Crippen LogP contribution in [0.3, 0.4) is 0 Å². The molecule has 3 rings (SSSR count). The molecule has 6 heteroatoms. The maximum atomic E-state index is 12.7. The fourth-order valence-electron chi connectivity index (χ4n) is 3.26. The molecule has 0 radical (unpaired) electrons. The molecule has 2 heterocycles. The molecule has 2 aromatic rings. The molecule has 0 spiro atoms. The van der Waals surface area contributed by atoms with E-state index in [1.165, 1.54) is 0 Å². The third-order valence-corrected chi connectivity index (χ3v) is 4.88. The van der Waals surface area contributed by atoms with Crippen LogP contribution in [0.4, 0.5) is 11.5 Å². The Kier molecular flexibility index (Phi) is 5.85. The zero-order valence-corrected chi connectivity index (χ0v) is 15.3. The molecular formula is C20H26N4O2. The normalized spacial score (nSPS) is 17.6. The van der Waals surface area contributed by atoms with E-state index in [1.54, 1.807) is 13.1 Å². The average molecular weight is 354 g/mol. The quantitative estimate of drug-likeness (QED) is 0.862. The third kappa shape index (κ3) is 4.20. The summed E-state index contributed by atoms with van der Waals surface area (Å²) in [6, 6.07) is 13.1. The molecule has 1 aromatic carbocycles. The van der Waals surface area contributed by atoms with Gasteiger partial charge in [-0.25, -0.2) is 4.98 Å². The zero-order valence-electron chi connectivity index (χ0n) is 15.3. The highest BCUT2D eigenvalue weighted by molar-refractivity contribution is 5.95. The maximum Gasteiger partial charge on any atom is 0.241 e. The molecule has 1 aliphatic heterocycles. The third-order valence-electron chi connectivity index (χ3n) is 4.88. The molecule has 1 saturated heterocycles. The van der Waals surface area contributed by atoms with Crippen LogP contribution in [0.15, 0.2) is 48.7 Å². The number of benzene rings is 1. The first-order chi connectivity index (χ1) is 12.6. The lowest BCUT2D eigenvalue weighted by Gasteiger charge is -2.38. The number of piperazine rings is 1. The Morgan fingerprint density at radius 3 is 2.42 bits per heavy atom. The first-order valence-electron chi connectivity index (χ1n) is 9.04. The zero-order chi connectivity index (χ0) is 18.5. The van der Waals surface area contributed by atoms with Crippen molar-refractivity contribution in [2.45, 2.75) is 26.0 Å². The Labute approximate surface area is 154 Å². The number of pyridine rings is 1. The predicted molar refractivity (Wildman–Crippen MR) is 103 cm³/mol. The van der Waals surface area contributed by atoms with Gasteiger partial charge >= 0.3 is 0 Å². The number of aliphatic hydroxyl groups is 1. The molecule has 1 amide bonds. The van der Waals surface area contributed by atoms with E-state index in [4.69, 9.17) is 0 Å². The van der Waals surface area contributed by atoms with E-state index in [9.17, 15) is 9.90 Å². The number of hydrogen-bond donors (Lipinski definition) is 2. The Morgan fingerprint density at radius 2 is 1.77 bits per heavy atom. The van der Waals surface area contributed by atoms with Crippen LogP contribution in [0.1, 0.15) is 25.5 Å². The van der Waals surface area contributed by atoms with Gasteiger partial charge in [-0.05, 0) is 32.0 Å². The van der Waals surface area contributed by atoms with E-state index in [2.05, 4.69) is 20.1 Å². The van der Waals surface area contributed by atoms with Crippen molar-refractivity contribution in [1.29, 1.82) is 0 Å².